The maximum atomic E-state index is 12.2. The van der Waals surface area contributed by atoms with E-state index in [-0.39, 0.29) is 5.56 Å². The molecule has 2 aromatic rings. The fourth-order valence-electron chi connectivity index (χ4n) is 1.88. The molecule has 0 aliphatic carbocycles. The number of aryl methyl sites for hydroxylation is 1. The molecule has 0 radical (unpaired) electrons. The van der Waals surface area contributed by atoms with Crippen molar-refractivity contribution in [1.82, 2.24) is 14.3 Å². The summed E-state index contributed by atoms with van der Waals surface area (Å²) < 4.78 is 9.71. The van der Waals surface area contributed by atoms with Gasteiger partial charge in [0, 0.05) is 37.8 Å². The van der Waals surface area contributed by atoms with Crippen molar-refractivity contribution >= 4 is 34.9 Å². The molecule has 7 heteroatoms. The zero-order chi connectivity index (χ0) is 14.9. The first-order valence-corrected chi connectivity index (χ1v) is 11.1. The molecule has 0 aliphatic rings. The quantitative estimate of drug-likeness (QED) is 0.610. The first-order chi connectivity index (χ1) is 9.29. The van der Waals surface area contributed by atoms with Crippen LogP contribution in [0.1, 0.15) is 0 Å². The van der Waals surface area contributed by atoms with Gasteiger partial charge in [-0.2, -0.15) is 5.10 Å². The van der Waals surface area contributed by atoms with Crippen molar-refractivity contribution in [1.29, 1.82) is 0 Å². The minimum atomic E-state index is -1.09. The molecule has 20 heavy (non-hydrogen) atoms. The molecule has 0 N–H and O–H groups in total. The number of pyridine rings is 1. The van der Waals surface area contributed by atoms with Gasteiger partial charge in [-0.05, 0) is 22.0 Å². The molecule has 0 saturated carbocycles. The highest BCUT2D eigenvalue weighted by molar-refractivity contribution is 9.10. The van der Waals surface area contributed by atoms with E-state index in [0.717, 1.165) is 15.9 Å². The number of hydrogen-bond donors (Lipinski definition) is 0. The molecular formula is C13H20BrN3O2Si. The van der Waals surface area contributed by atoms with Crippen LogP contribution in [0.3, 0.4) is 0 Å². The van der Waals surface area contributed by atoms with Crippen LogP contribution >= 0.6 is 15.9 Å². The second kappa shape index (κ2) is 5.83. The van der Waals surface area contributed by atoms with Crippen LogP contribution in [0, 0.1) is 0 Å². The van der Waals surface area contributed by atoms with Gasteiger partial charge < -0.3 is 9.30 Å². The first-order valence-electron chi connectivity index (χ1n) is 6.58. The molecule has 2 aromatic heterocycles. The highest BCUT2D eigenvalue weighted by Gasteiger charge is 2.14. The van der Waals surface area contributed by atoms with Gasteiger partial charge in [0.15, 0.2) is 0 Å². The zero-order valence-electron chi connectivity index (χ0n) is 12.3. The van der Waals surface area contributed by atoms with Crippen LogP contribution in [0.25, 0.3) is 10.9 Å². The second-order valence-corrected chi connectivity index (χ2v) is 12.6. The van der Waals surface area contributed by atoms with Crippen molar-refractivity contribution in [3.05, 3.63) is 27.2 Å². The van der Waals surface area contributed by atoms with E-state index in [1.807, 2.05) is 0 Å². The Kier molecular flexibility index (Phi) is 4.51. The summed E-state index contributed by atoms with van der Waals surface area (Å²) in [5.74, 6) is 0. The largest absolute Gasteiger partial charge is 0.360 e. The molecule has 0 fully saturated rings. The van der Waals surface area contributed by atoms with Gasteiger partial charge >= 0.3 is 0 Å². The minimum Gasteiger partial charge on any atom is -0.360 e. The zero-order valence-corrected chi connectivity index (χ0v) is 14.9. The first kappa shape index (κ1) is 15.5. The van der Waals surface area contributed by atoms with Gasteiger partial charge in [0.1, 0.15) is 12.2 Å². The van der Waals surface area contributed by atoms with Gasteiger partial charge in [-0.1, -0.05) is 19.6 Å². The third-order valence-electron chi connectivity index (χ3n) is 3.14. The highest BCUT2D eigenvalue weighted by atomic mass is 79.9. The Morgan fingerprint density at radius 2 is 2.10 bits per heavy atom. The Morgan fingerprint density at radius 1 is 1.40 bits per heavy atom. The predicted molar refractivity (Wildman–Crippen MR) is 86.8 cm³/mol. The molecule has 2 rings (SSSR count). The lowest BCUT2D eigenvalue weighted by atomic mass is 10.3. The topological polar surface area (TPSA) is 49.0 Å². The monoisotopic (exact) mass is 357 g/mol. The standard InChI is InChI=1S/C13H20BrN3O2Si/c1-16-8-11(14)10-7-15-17(12(10)13(16)18)9-19-5-6-20(2,3)4/h7-8H,5-6,9H2,1-4H3. The molecule has 0 amide bonds. The van der Waals surface area contributed by atoms with Crippen LogP contribution in [0.15, 0.2) is 21.7 Å². The van der Waals surface area contributed by atoms with E-state index in [9.17, 15) is 4.79 Å². The van der Waals surface area contributed by atoms with E-state index >= 15 is 0 Å². The van der Waals surface area contributed by atoms with Crippen molar-refractivity contribution in [2.45, 2.75) is 32.4 Å². The highest BCUT2D eigenvalue weighted by Crippen LogP contribution is 2.20. The summed E-state index contributed by atoms with van der Waals surface area (Å²) in [6.07, 6.45) is 3.45. The number of halogens is 1. The van der Waals surface area contributed by atoms with Gasteiger partial charge in [-0.25, -0.2) is 4.68 Å². The number of aromatic nitrogens is 3. The number of ether oxygens (including phenoxy) is 1. The van der Waals surface area contributed by atoms with Gasteiger partial charge in [0.25, 0.3) is 5.56 Å². The number of rotatable bonds is 5. The molecule has 0 atom stereocenters. The summed E-state index contributed by atoms with van der Waals surface area (Å²) >= 11 is 3.45. The summed E-state index contributed by atoms with van der Waals surface area (Å²) in [5.41, 5.74) is 0.518. The Hall–Kier alpha value is -0.923. The lowest BCUT2D eigenvalue weighted by molar-refractivity contribution is 0.0815. The maximum Gasteiger partial charge on any atom is 0.276 e. The van der Waals surface area contributed by atoms with Crippen LogP contribution in [-0.4, -0.2) is 29.0 Å². The summed E-state index contributed by atoms with van der Waals surface area (Å²) in [5, 5.41) is 5.07. The molecule has 110 valence electrons. The Bertz CT molecular complexity index is 673. The average molecular weight is 358 g/mol. The van der Waals surface area contributed by atoms with Crippen molar-refractivity contribution in [3.8, 4) is 0 Å². The normalized spacial score (nSPS) is 12.2. The third-order valence-corrected chi connectivity index (χ3v) is 5.47. The average Bonchev–Trinajstić information content (AvgIpc) is 2.75. The molecule has 0 aromatic carbocycles. The summed E-state index contributed by atoms with van der Waals surface area (Å²) in [6.45, 7) is 7.97. The molecule has 0 saturated heterocycles. The summed E-state index contributed by atoms with van der Waals surface area (Å²) in [6, 6.07) is 1.11. The van der Waals surface area contributed by atoms with Crippen LogP contribution in [-0.2, 0) is 18.5 Å². The van der Waals surface area contributed by atoms with Crippen LogP contribution in [0.4, 0.5) is 0 Å². The molecular weight excluding hydrogens is 338 g/mol. The third kappa shape index (κ3) is 3.39. The molecule has 0 aliphatic heterocycles. The van der Waals surface area contributed by atoms with Crippen LogP contribution in [0.2, 0.25) is 25.7 Å². The fourth-order valence-corrected chi connectivity index (χ4v) is 3.23. The second-order valence-electron chi connectivity index (χ2n) is 6.15. The SMILES string of the molecule is Cn1cc(Br)c2cnn(COCC[Si](C)(C)C)c2c1=O. The molecule has 5 nitrogen and oxygen atoms in total. The van der Waals surface area contributed by atoms with Crippen molar-refractivity contribution in [2.24, 2.45) is 7.05 Å². The van der Waals surface area contributed by atoms with Crippen LogP contribution in [0.5, 0.6) is 0 Å². The predicted octanol–water partition coefficient (Wildman–Crippen LogP) is 2.81. The molecule has 2 heterocycles. The van der Waals surface area contributed by atoms with Gasteiger partial charge in [-0.3, -0.25) is 4.79 Å². The number of fused-ring (bicyclic) bond motifs is 1. The Balaban J connectivity index is 2.18. The lowest BCUT2D eigenvalue weighted by Crippen LogP contribution is -2.23. The van der Waals surface area contributed by atoms with Crippen LogP contribution < -0.4 is 5.56 Å². The smallest absolute Gasteiger partial charge is 0.276 e. The maximum absolute atomic E-state index is 12.2. The van der Waals surface area contributed by atoms with Gasteiger partial charge in [-0.15, -0.1) is 0 Å². The summed E-state index contributed by atoms with van der Waals surface area (Å²) in [4.78, 5) is 12.2. The number of nitrogens with zero attached hydrogens (tertiary/aromatic N) is 3. The van der Waals surface area contributed by atoms with E-state index in [4.69, 9.17) is 4.74 Å². The Morgan fingerprint density at radius 3 is 2.75 bits per heavy atom. The van der Waals surface area contributed by atoms with E-state index in [1.165, 1.54) is 0 Å². The Labute approximate surface area is 127 Å². The minimum absolute atomic E-state index is 0.0607. The van der Waals surface area contributed by atoms with Crippen molar-refractivity contribution in [2.75, 3.05) is 6.61 Å². The molecule has 0 unspecified atom stereocenters. The van der Waals surface area contributed by atoms with E-state index in [1.54, 1.807) is 28.7 Å². The van der Waals surface area contributed by atoms with E-state index in [0.29, 0.717) is 18.9 Å². The van der Waals surface area contributed by atoms with Crippen molar-refractivity contribution in [3.63, 3.8) is 0 Å². The van der Waals surface area contributed by atoms with E-state index in [2.05, 4.69) is 40.7 Å². The molecule has 0 spiro atoms. The number of hydrogen-bond acceptors (Lipinski definition) is 3. The van der Waals surface area contributed by atoms with Crippen molar-refractivity contribution < 1.29 is 4.74 Å². The van der Waals surface area contributed by atoms with E-state index < -0.39 is 8.07 Å². The fraction of sp³-hybridized carbons (Fsp3) is 0.538. The lowest BCUT2D eigenvalue weighted by Gasteiger charge is -2.15. The van der Waals surface area contributed by atoms with Gasteiger partial charge in [0.2, 0.25) is 0 Å². The summed E-state index contributed by atoms with van der Waals surface area (Å²) in [7, 11) is 0.642. The van der Waals surface area contributed by atoms with Gasteiger partial charge in [0.05, 0.1) is 6.20 Å². The molecule has 0 bridgehead atoms.